The number of rotatable bonds is 4. The molecule has 6 nitrogen and oxygen atoms in total. The Bertz CT molecular complexity index is 861. The summed E-state index contributed by atoms with van der Waals surface area (Å²) in [5, 5.41) is 10.9. The van der Waals surface area contributed by atoms with Crippen molar-refractivity contribution in [3.05, 3.63) is 30.9 Å². The maximum absolute atomic E-state index is 13.2. The number of hydrogen-bond acceptors (Lipinski definition) is 5. The van der Waals surface area contributed by atoms with Gasteiger partial charge >= 0.3 is 5.97 Å². The van der Waals surface area contributed by atoms with Gasteiger partial charge in [0.15, 0.2) is 0 Å². The highest BCUT2D eigenvalue weighted by atomic mass is 16.5. The number of ether oxygens (including phenoxy) is 1. The van der Waals surface area contributed by atoms with Gasteiger partial charge in [-0.1, -0.05) is 12.2 Å². The first-order valence-corrected chi connectivity index (χ1v) is 11.0. The van der Waals surface area contributed by atoms with Gasteiger partial charge in [-0.05, 0) is 68.6 Å². The Kier molecular flexibility index (Phi) is 3.72. The lowest BCUT2D eigenvalue weighted by molar-refractivity contribution is -0.189. The molecule has 5 fully saturated rings. The molecular weight excluding hydrogens is 368 g/mol. The standard InChI is InChI=1S/C23H28N2O4/c26-20(25-4-3-24-13-25)18-16-1-2-17(6-16)19(18)21(27)29-12-22-7-14-5-15(8-22)10-23(28,9-14)11-22/h1-4,13-19,28H,5-12H2. The molecule has 0 radical (unpaired) electrons. The van der Waals surface area contributed by atoms with Crippen LogP contribution in [-0.2, 0) is 9.53 Å². The van der Waals surface area contributed by atoms with Crippen LogP contribution in [-0.4, -0.2) is 38.7 Å². The van der Waals surface area contributed by atoms with Crippen LogP contribution in [0.5, 0.6) is 0 Å². The van der Waals surface area contributed by atoms with Crippen molar-refractivity contribution >= 4 is 11.9 Å². The fourth-order valence-electron chi connectivity index (χ4n) is 7.93. The van der Waals surface area contributed by atoms with Crippen molar-refractivity contribution in [2.24, 2.45) is 40.9 Å². The molecule has 0 aromatic carbocycles. The summed E-state index contributed by atoms with van der Waals surface area (Å²) in [5.74, 6) is 0.262. The van der Waals surface area contributed by atoms with Crippen LogP contribution in [0.4, 0.5) is 0 Å². The summed E-state index contributed by atoms with van der Waals surface area (Å²) in [6.07, 6.45) is 15.7. The minimum atomic E-state index is -0.550. The highest BCUT2D eigenvalue weighted by Gasteiger charge is 2.58. The van der Waals surface area contributed by atoms with Crippen LogP contribution in [0.1, 0.15) is 49.7 Å². The number of fused-ring (bicyclic) bond motifs is 2. The van der Waals surface area contributed by atoms with Gasteiger partial charge < -0.3 is 9.84 Å². The molecule has 6 heteroatoms. The normalized spacial score (nSPS) is 46.4. The summed E-state index contributed by atoms with van der Waals surface area (Å²) >= 11 is 0. The molecule has 6 bridgehead atoms. The van der Waals surface area contributed by atoms with Crippen molar-refractivity contribution in [2.75, 3.05) is 6.61 Å². The van der Waals surface area contributed by atoms with Gasteiger partial charge in [-0.15, -0.1) is 0 Å². The van der Waals surface area contributed by atoms with Crippen molar-refractivity contribution in [3.63, 3.8) is 0 Å². The van der Waals surface area contributed by atoms with E-state index in [0.29, 0.717) is 18.4 Å². The number of aromatic nitrogens is 2. The third kappa shape index (κ3) is 2.75. The molecule has 1 aromatic heterocycles. The molecule has 1 heterocycles. The zero-order valence-electron chi connectivity index (χ0n) is 16.6. The highest BCUT2D eigenvalue weighted by Crippen LogP contribution is 2.61. The number of carbonyl (C=O) groups excluding carboxylic acids is 2. The summed E-state index contributed by atoms with van der Waals surface area (Å²) < 4.78 is 7.44. The largest absolute Gasteiger partial charge is 0.465 e. The Hall–Kier alpha value is -1.95. The topological polar surface area (TPSA) is 81.4 Å². The number of aliphatic hydroxyl groups is 1. The van der Waals surface area contributed by atoms with Crippen LogP contribution in [0.3, 0.4) is 0 Å². The van der Waals surface area contributed by atoms with E-state index in [0.717, 1.165) is 38.5 Å². The Morgan fingerprint density at radius 3 is 2.45 bits per heavy atom. The molecule has 6 unspecified atom stereocenters. The van der Waals surface area contributed by atoms with Crippen molar-refractivity contribution in [2.45, 2.75) is 50.5 Å². The average Bonchev–Trinajstić information content (AvgIpc) is 3.40. The number of nitrogens with zero attached hydrogens (tertiary/aromatic N) is 2. The Balaban J connectivity index is 1.19. The molecule has 0 amide bonds. The molecule has 5 saturated carbocycles. The van der Waals surface area contributed by atoms with E-state index in [1.54, 1.807) is 12.4 Å². The summed E-state index contributed by atoms with van der Waals surface area (Å²) in [7, 11) is 0. The summed E-state index contributed by atoms with van der Waals surface area (Å²) in [6.45, 7) is 0.394. The van der Waals surface area contributed by atoms with E-state index in [-0.39, 0.29) is 35.0 Å². The second-order valence-corrected chi connectivity index (χ2v) is 10.6. The second kappa shape index (κ2) is 6.03. The number of allylic oxidation sites excluding steroid dienone is 2. The van der Waals surface area contributed by atoms with Gasteiger partial charge in [0.1, 0.15) is 6.33 Å². The van der Waals surface area contributed by atoms with E-state index in [1.165, 1.54) is 17.3 Å². The lowest BCUT2D eigenvalue weighted by Crippen LogP contribution is -2.57. The maximum atomic E-state index is 13.2. The number of imidazole rings is 1. The minimum Gasteiger partial charge on any atom is -0.465 e. The number of hydrogen-bond donors (Lipinski definition) is 1. The molecule has 6 atom stereocenters. The molecule has 154 valence electrons. The molecule has 7 rings (SSSR count). The van der Waals surface area contributed by atoms with Crippen molar-refractivity contribution in [1.82, 2.24) is 9.55 Å². The maximum Gasteiger partial charge on any atom is 0.310 e. The molecule has 1 N–H and O–H groups in total. The summed E-state index contributed by atoms with van der Waals surface area (Å²) in [6, 6.07) is 0. The quantitative estimate of drug-likeness (QED) is 0.625. The van der Waals surface area contributed by atoms with Gasteiger partial charge in [0, 0.05) is 17.8 Å². The molecule has 6 aliphatic rings. The molecule has 0 saturated heterocycles. The third-order valence-corrected chi connectivity index (χ3v) is 8.45. The Labute approximate surface area is 170 Å². The minimum absolute atomic E-state index is 0.0637. The van der Waals surface area contributed by atoms with Crippen LogP contribution in [0.2, 0.25) is 0 Å². The predicted octanol–water partition coefficient (Wildman–Crippen LogP) is 2.84. The monoisotopic (exact) mass is 396 g/mol. The summed E-state index contributed by atoms with van der Waals surface area (Å²) in [5.41, 5.74) is -0.614. The van der Waals surface area contributed by atoms with Crippen LogP contribution in [0, 0.1) is 40.9 Å². The van der Waals surface area contributed by atoms with Crippen molar-refractivity contribution < 1.29 is 19.4 Å². The SMILES string of the molecule is O=C(OCC12CC3CC(CC(O)(C3)C1)C2)C1C2C=CC(C2)C1C(=O)n1ccnc1. The van der Waals surface area contributed by atoms with E-state index in [2.05, 4.69) is 17.1 Å². The van der Waals surface area contributed by atoms with Crippen LogP contribution < -0.4 is 0 Å². The lowest BCUT2D eigenvalue weighted by atomic mass is 9.48. The fraction of sp³-hybridized carbons (Fsp3) is 0.696. The van der Waals surface area contributed by atoms with Gasteiger partial charge in [-0.25, -0.2) is 4.98 Å². The van der Waals surface area contributed by atoms with E-state index in [9.17, 15) is 14.7 Å². The van der Waals surface area contributed by atoms with Crippen LogP contribution in [0.25, 0.3) is 0 Å². The Morgan fingerprint density at radius 1 is 1.07 bits per heavy atom. The molecule has 29 heavy (non-hydrogen) atoms. The third-order valence-electron chi connectivity index (χ3n) is 8.45. The fourth-order valence-corrected chi connectivity index (χ4v) is 7.93. The van der Waals surface area contributed by atoms with Gasteiger partial charge in [-0.3, -0.25) is 14.2 Å². The first kappa shape index (κ1) is 17.9. The van der Waals surface area contributed by atoms with Gasteiger partial charge in [0.05, 0.1) is 24.0 Å². The second-order valence-electron chi connectivity index (χ2n) is 10.6. The number of carbonyl (C=O) groups is 2. The van der Waals surface area contributed by atoms with E-state index in [1.807, 2.05) is 0 Å². The van der Waals surface area contributed by atoms with Crippen LogP contribution in [0.15, 0.2) is 30.9 Å². The average molecular weight is 396 g/mol. The zero-order valence-corrected chi connectivity index (χ0v) is 16.6. The molecule has 6 aliphatic carbocycles. The molecule has 1 aromatic rings. The first-order valence-electron chi connectivity index (χ1n) is 11.0. The van der Waals surface area contributed by atoms with E-state index in [4.69, 9.17) is 4.74 Å². The van der Waals surface area contributed by atoms with Gasteiger partial charge in [0.25, 0.3) is 0 Å². The van der Waals surface area contributed by atoms with Gasteiger partial charge in [-0.2, -0.15) is 0 Å². The van der Waals surface area contributed by atoms with Crippen LogP contribution >= 0.6 is 0 Å². The predicted molar refractivity (Wildman–Crippen MR) is 104 cm³/mol. The highest BCUT2D eigenvalue weighted by molar-refractivity contribution is 5.89. The number of esters is 1. The first-order chi connectivity index (χ1) is 13.9. The molecular formula is C23H28N2O4. The Morgan fingerprint density at radius 2 is 1.79 bits per heavy atom. The molecule has 0 spiro atoms. The van der Waals surface area contributed by atoms with E-state index < -0.39 is 11.5 Å². The van der Waals surface area contributed by atoms with Crippen molar-refractivity contribution in [1.29, 1.82) is 0 Å². The molecule has 0 aliphatic heterocycles. The van der Waals surface area contributed by atoms with E-state index >= 15 is 0 Å². The smallest absolute Gasteiger partial charge is 0.310 e. The van der Waals surface area contributed by atoms with Crippen molar-refractivity contribution in [3.8, 4) is 0 Å². The summed E-state index contributed by atoms with van der Waals surface area (Å²) in [4.78, 5) is 30.2. The lowest BCUT2D eigenvalue weighted by Gasteiger charge is -2.59. The van der Waals surface area contributed by atoms with Gasteiger partial charge in [0.2, 0.25) is 5.91 Å². The zero-order chi connectivity index (χ0) is 19.8.